The molecule has 1 aliphatic rings. The van der Waals surface area contributed by atoms with Gasteiger partial charge in [0.2, 0.25) is 17.7 Å². The molecule has 0 aromatic heterocycles. The zero-order chi connectivity index (χ0) is 16.3. The molecule has 1 unspecified atom stereocenters. The fourth-order valence-electron chi connectivity index (χ4n) is 2.78. The topological polar surface area (TPSA) is 69.7 Å². The number of hydrogen-bond acceptors (Lipinski definition) is 4. The summed E-state index contributed by atoms with van der Waals surface area (Å²) in [5, 5.41) is 2.74. The Morgan fingerprint density at radius 1 is 1.32 bits per heavy atom. The first-order valence-electron chi connectivity index (χ1n) is 7.43. The average Bonchev–Trinajstić information content (AvgIpc) is 2.78. The van der Waals surface area contributed by atoms with Gasteiger partial charge in [0.05, 0.1) is 0 Å². The summed E-state index contributed by atoms with van der Waals surface area (Å²) in [5.41, 5.74) is 1.54. The fourth-order valence-corrected chi connectivity index (χ4v) is 2.78. The number of anilines is 2. The smallest absolute Gasteiger partial charge is 0.231 e. The van der Waals surface area contributed by atoms with Crippen molar-refractivity contribution < 1.29 is 14.4 Å². The number of amides is 3. The third kappa shape index (κ3) is 3.27. The van der Waals surface area contributed by atoms with Crippen LogP contribution in [-0.4, -0.2) is 35.3 Å². The highest BCUT2D eigenvalue weighted by molar-refractivity contribution is 6.02. The maximum atomic E-state index is 11.9. The van der Waals surface area contributed by atoms with Gasteiger partial charge in [0.15, 0.2) is 0 Å². The van der Waals surface area contributed by atoms with E-state index in [0.717, 1.165) is 5.69 Å². The van der Waals surface area contributed by atoms with Crippen LogP contribution in [0.4, 0.5) is 11.4 Å². The van der Waals surface area contributed by atoms with Crippen LogP contribution < -0.4 is 10.2 Å². The summed E-state index contributed by atoms with van der Waals surface area (Å²) in [6.07, 6.45) is 0.222. The van der Waals surface area contributed by atoms with Crippen molar-refractivity contribution in [3.05, 3.63) is 24.3 Å². The standard InChI is InChI=1S/C16H21N3O3/c1-4-18(12(3)19-15(21)8-9-16(19)22)14-7-5-6-13(10-14)17-11(2)20/h5-7,10,12H,4,8-9H2,1-3H3,(H,17,20). The van der Waals surface area contributed by atoms with Gasteiger partial charge in [-0.3, -0.25) is 19.3 Å². The highest BCUT2D eigenvalue weighted by Crippen LogP contribution is 2.25. The summed E-state index contributed by atoms with van der Waals surface area (Å²) >= 11 is 0. The minimum atomic E-state index is -0.347. The number of nitrogens with one attached hydrogen (secondary N) is 1. The maximum Gasteiger partial charge on any atom is 0.231 e. The lowest BCUT2D eigenvalue weighted by Crippen LogP contribution is -2.49. The van der Waals surface area contributed by atoms with Gasteiger partial charge >= 0.3 is 0 Å². The molecule has 2 rings (SSSR count). The van der Waals surface area contributed by atoms with Gasteiger partial charge in [0, 0.05) is 37.7 Å². The second kappa shape index (κ2) is 6.60. The molecule has 0 saturated carbocycles. The van der Waals surface area contributed by atoms with Crippen molar-refractivity contribution in [2.24, 2.45) is 0 Å². The van der Waals surface area contributed by atoms with Gasteiger partial charge in [0.25, 0.3) is 0 Å². The number of imide groups is 1. The van der Waals surface area contributed by atoms with Crippen LogP contribution in [0, 0.1) is 0 Å². The first-order valence-corrected chi connectivity index (χ1v) is 7.43. The van der Waals surface area contributed by atoms with Crippen molar-refractivity contribution in [2.75, 3.05) is 16.8 Å². The molecule has 3 amide bonds. The zero-order valence-corrected chi connectivity index (χ0v) is 13.1. The third-order valence-electron chi connectivity index (χ3n) is 3.75. The molecule has 1 aromatic rings. The van der Waals surface area contributed by atoms with Crippen LogP contribution in [0.25, 0.3) is 0 Å². The molecule has 1 atom stereocenters. The number of nitrogens with zero attached hydrogens (tertiary/aromatic N) is 2. The van der Waals surface area contributed by atoms with Crippen molar-refractivity contribution in [2.45, 2.75) is 39.8 Å². The van der Waals surface area contributed by atoms with Crippen LogP contribution in [-0.2, 0) is 14.4 Å². The molecule has 0 aliphatic carbocycles. The zero-order valence-electron chi connectivity index (χ0n) is 13.1. The van der Waals surface area contributed by atoms with E-state index < -0.39 is 0 Å². The van der Waals surface area contributed by atoms with Gasteiger partial charge in [-0.25, -0.2) is 0 Å². The Balaban J connectivity index is 2.25. The molecule has 1 saturated heterocycles. The molecule has 1 N–H and O–H groups in total. The largest absolute Gasteiger partial charge is 0.351 e. The first-order chi connectivity index (χ1) is 10.4. The Hall–Kier alpha value is -2.37. The highest BCUT2D eigenvalue weighted by atomic mass is 16.2. The van der Waals surface area contributed by atoms with E-state index in [0.29, 0.717) is 12.2 Å². The number of carbonyl (C=O) groups excluding carboxylic acids is 3. The minimum absolute atomic E-state index is 0.131. The normalized spacial score (nSPS) is 15.9. The summed E-state index contributed by atoms with van der Waals surface area (Å²) in [4.78, 5) is 38.3. The van der Waals surface area contributed by atoms with Crippen molar-refractivity contribution in [1.29, 1.82) is 0 Å². The van der Waals surface area contributed by atoms with Crippen molar-refractivity contribution in [3.8, 4) is 0 Å². The SMILES string of the molecule is CCN(c1cccc(NC(C)=O)c1)C(C)N1C(=O)CCC1=O. The average molecular weight is 303 g/mol. The highest BCUT2D eigenvalue weighted by Gasteiger charge is 2.35. The van der Waals surface area contributed by atoms with Gasteiger partial charge in [-0.2, -0.15) is 0 Å². The molecule has 1 aliphatic heterocycles. The van der Waals surface area contributed by atoms with Crippen molar-refractivity contribution in [3.63, 3.8) is 0 Å². The lowest BCUT2D eigenvalue weighted by molar-refractivity contribution is -0.140. The van der Waals surface area contributed by atoms with E-state index in [9.17, 15) is 14.4 Å². The molecular formula is C16H21N3O3. The maximum absolute atomic E-state index is 11.9. The molecule has 1 fully saturated rings. The van der Waals surface area contributed by atoms with Crippen LogP contribution in [0.5, 0.6) is 0 Å². The van der Waals surface area contributed by atoms with Gasteiger partial charge in [-0.05, 0) is 32.0 Å². The van der Waals surface area contributed by atoms with Gasteiger partial charge in [-0.1, -0.05) is 6.07 Å². The van der Waals surface area contributed by atoms with E-state index in [1.165, 1.54) is 11.8 Å². The fraction of sp³-hybridized carbons (Fsp3) is 0.438. The molecule has 0 spiro atoms. The quantitative estimate of drug-likeness (QED) is 0.844. The predicted molar refractivity (Wildman–Crippen MR) is 84.3 cm³/mol. The van der Waals surface area contributed by atoms with Gasteiger partial charge < -0.3 is 10.2 Å². The molecule has 1 aromatic carbocycles. The first kappa shape index (κ1) is 16.0. The van der Waals surface area contributed by atoms with Crippen molar-refractivity contribution >= 4 is 29.1 Å². The Kier molecular flexibility index (Phi) is 4.80. The van der Waals surface area contributed by atoms with E-state index in [1.54, 1.807) is 6.07 Å². The number of carbonyl (C=O) groups is 3. The molecule has 6 nitrogen and oxygen atoms in total. The summed E-state index contributed by atoms with van der Waals surface area (Å²) in [7, 11) is 0. The monoisotopic (exact) mass is 303 g/mol. The molecule has 0 bridgehead atoms. The Morgan fingerprint density at radius 2 is 1.95 bits per heavy atom. The van der Waals surface area contributed by atoms with Crippen molar-refractivity contribution in [1.82, 2.24) is 4.90 Å². The van der Waals surface area contributed by atoms with Crippen LogP contribution >= 0.6 is 0 Å². The van der Waals surface area contributed by atoms with E-state index in [2.05, 4.69) is 5.32 Å². The second-order valence-corrected chi connectivity index (χ2v) is 5.31. The minimum Gasteiger partial charge on any atom is -0.351 e. The predicted octanol–water partition coefficient (Wildman–Crippen LogP) is 1.97. The van der Waals surface area contributed by atoms with Crippen LogP contribution in [0.2, 0.25) is 0 Å². The van der Waals surface area contributed by atoms with Crippen LogP contribution in [0.1, 0.15) is 33.6 Å². The lowest BCUT2D eigenvalue weighted by Gasteiger charge is -2.35. The van der Waals surface area contributed by atoms with Crippen LogP contribution in [0.3, 0.4) is 0 Å². The summed E-state index contributed by atoms with van der Waals surface area (Å²) < 4.78 is 0. The van der Waals surface area contributed by atoms with E-state index in [1.807, 2.05) is 36.9 Å². The Bertz CT molecular complexity index is 584. The molecule has 0 radical (unpaired) electrons. The van der Waals surface area contributed by atoms with Gasteiger partial charge in [0.1, 0.15) is 6.17 Å². The van der Waals surface area contributed by atoms with E-state index >= 15 is 0 Å². The number of benzene rings is 1. The Labute approximate surface area is 130 Å². The molecular weight excluding hydrogens is 282 g/mol. The molecule has 1 heterocycles. The summed E-state index contributed by atoms with van der Waals surface area (Å²) in [5.74, 6) is -0.402. The summed E-state index contributed by atoms with van der Waals surface area (Å²) in [6.45, 7) is 5.90. The number of hydrogen-bond donors (Lipinski definition) is 1. The molecule has 118 valence electrons. The Morgan fingerprint density at radius 3 is 2.50 bits per heavy atom. The van der Waals surface area contributed by atoms with Gasteiger partial charge in [-0.15, -0.1) is 0 Å². The molecule has 6 heteroatoms. The molecule has 22 heavy (non-hydrogen) atoms. The third-order valence-corrected chi connectivity index (χ3v) is 3.75. The number of rotatable bonds is 5. The number of likely N-dealkylation sites (tertiary alicyclic amines) is 1. The van der Waals surface area contributed by atoms with E-state index in [4.69, 9.17) is 0 Å². The summed E-state index contributed by atoms with van der Waals surface area (Å²) in [6, 6.07) is 7.38. The lowest BCUT2D eigenvalue weighted by atomic mass is 10.2. The second-order valence-electron chi connectivity index (χ2n) is 5.31. The van der Waals surface area contributed by atoms with Crippen LogP contribution in [0.15, 0.2) is 24.3 Å². The van der Waals surface area contributed by atoms with E-state index in [-0.39, 0.29) is 36.7 Å².